The molecule has 2 heterocycles. The Morgan fingerprint density at radius 3 is 2.37 bits per heavy atom. The zero-order valence-corrected chi connectivity index (χ0v) is 20.6. The normalized spacial score (nSPS) is 20.3. The van der Waals surface area contributed by atoms with Gasteiger partial charge in [0.15, 0.2) is 0 Å². The van der Waals surface area contributed by atoms with Crippen molar-refractivity contribution in [1.29, 1.82) is 0 Å². The molecule has 0 N–H and O–H groups in total. The lowest BCUT2D eigenvalue weighted by molar-refractivity contribution is -0.156. The van der Waals surface area contributed by atoms with Gasteiger partial charge in [0.1, 0.15) is 19.0 Å². The molecule has 188 valence electrons. The molecule has 0 radical (unpaired) electrons. The molecule has 0 aromatic heterocycles. The van der Waals surface area contributed by atoms with Crippen LogP contribution in [0.1, 0.15) is 25.0 Å². The molecule has 2 atom stereocenters. The maximum atomic E-state index is 12.9. The van der Waals surface area contributed by atoms with Crippen LogP contribution in [0.3, 0.4) is 0 Å². The first-order valence-corrected chi connectivity index (χ1v) is 12.0. The zero-order chi connectivity index (χ0) is 24.8. The number of ether oxygens (including phenoxy) is 4. The molecule has 0 aliphatic carbocycles. The van der Waals surface area contributed by atoms with Crippen molar-refractivity contribution in [2.24, 2.45) is 5.41 Å². The van der Waals surface area contributed by atoms with Gasteiger partial charge in [-0.25, -0.2) is 4.79 Å². The minimum absolute atomic E-state index is 0.0980. The highest BCUT2D eigenvalue weighted by atomic mass is 16.6. The van der Waals surface area contributed by atoms with E-state index in [1.807, 2.05) is 68.4 Å². The van der Waals surface area contributed by atoms with Crippen molar-refractivity contribution in [3.8, 4) is 5.75 Å². The molecule has 0 bridgehead atoms. The molecule has 2 aromatic carbocycles. The monoisotopic (exact) mass is 482 g/mol. The standard InChI is InChI=1S/C27H34N2O6/c1-27(2,25(30)34-17-21-9-11-22(32-3)12-10-21)19-28-15-23-24(16-28)33-14-13-29(23)26(31)35-18-20-7-5-4-6-8-20/h4-12,23-24H,13-19H2,1-3H3/t23-,24+/m0/s1. The fourth-order valence-corrected chi connectivity index (χ4v) is 4.61. The molecule has 8 nitrogen and oxygen atoms in total. The number of nitrogens with zero attached hydrogens (tertiary/aromatic N) is 2. The van der Waals surface area contributed by atoms with Crippen LogP contribution in [-0.4, -0.2) is 73.9 Å². The second-order valence-corrected chi connectivity index (χ2v) is 9.71. The van der Waals surface area contributed by atoms with Gasteiger partial charge in [0.2, 0.25) is 0 Å². The minimum atomic E-state index is -0.710. The maximum absolute atomic E-state index is 12.9. The largest absolute Gasteiger partial charge is 0.497 e. The number of hydrogen-bond donors (Lipinski definition) is 0. The molecule has 2 fully saturated rings. The molecule has 2 aromatic rings. The number of carbonyl (C=O) groups excluding carboxylic acids is 2. The molecule has 35 heavy (non-hydrogen) atoms. The Kier molecular flexibility index (Phi) is 7.93. The summed E-state index contributed by atoms with van der Waals surface area (Å²) in [5, 5.41) is 0. The number of methoxy groups -OCH3 is 1. The molecule has 0 unspecified atom stereocenters. The van der Waals surface area contributed by atoms with Gasteiger partial charge in [-0.1, -0.05) is 42.5 Å². The number of hydrogen-bond acceptors (Lipinski definition) is 7. The number of carbonyl (C=O) groups is 2. The fourth-order valence-electron chi connectivity index (χ4n) is 4.61. The predicted octanol–water partition coefficient (Wildman–Crippen LogP) is 3.49. The summed E-state index contributed by atoms with van der Waals surface area (Å²) < 4.78 is 22.3. The van der Waals surface area contributed by atoms with Gasteiger partial charge < -0.3 is 18.9 Å². The van der Waals surface area contributed by atoms with Crippen molar-refractivity contribution < 1.29 is 28.5 Å². The molecule has 4 rings (SSSR count). The summed E-state index contributed by atoms with van der Waals surface area (Å²) in [6.07, 6.45) is -0.425. The summed E-state index contributed by atoms with van der Waals surface area (Å²) in [5.74, 6) is 0.499. The van der Waals surface area contributed by atoms with Crippen molar-refractivity contribution >= 4 is 12.1 Å². The Morgan fingerprint density at radius 2 is 1.66 bits per heavy atom. The second-order valence-electron chi connectivity index (χ2n) is 9.71. The summed E-state index contributed by atoms with van der Waals surface area (Å²) in [6.45, 7) is 6.99. The Morgan fingerprint density at radius 1 is 0.971 bits per heavy atom. The maximum Gasteiger partial charge on any atom is 0.410 e. The fraction of sp³-hybridized carbons (Fsp3) is 0.481. The topological polar surface area (TPSA) is 77.5 Å². The van der Waals surface area contributed by atoms with Gasteiger partial charge in [0, 0.05) is 26.2 Å². The van der Waals surface area contributed by atoms with Crippen molar-refractivity contribution in [3.63, 3.8) is 0 Å². The average Bonchev–Trinajstić information content (AvgIpc) is 3.28. The van der Waals surface area contributed by atoms with E-state index in [0.29, 0.717) is 32.8 Å². The van der Waals surface area contributed by atoms with Crippen LogP contribution in [0.25, 0.3) is 0 Å². The van der Waals surface area contributed by atoms with Gasteiger partial charge >= 0.3 is 12.1 Å². The van der Waals surface area contributed by atoms with Gasteiger partial charge in [0.05, 0.1) is 31.3 Å². The molecular weight excluding hydrogens is 448 g/mol. The third-order valence-corrected chi connectivity index (χ3v) is 6.52. The highest BCUT2D eigenvalue weighted by Gasteiger charge is 2.45. The van der Waals surface area contributed by atoms with Crippen molar-refractivity contribution in [2.45, 2.75) is 39.2 Å². The third kappa shape index (κ3) is 6.32. The smallest absolute Gasteiger partial charge is 0.410 e. The molecule has 8 heteroatoms. The summed E-state index contributed by atoms with van der Waals surface area (Å²) >= 11 is 0. The van der Waals surface area contributed by atoms with E-state index in [1.54, 1.807) is 12.0 Å². The molecule has 2 aliphatic rings. The van der Waals surface area contributed by atoms with Crippen LogP contribution < -0.4 is 4.74 Å². The third-order valence-electron chi connectivity index (χ3n) is 6.52. The van der Waals surface area contributed by atoms with Crippen LogP contribution in [-0.2, 0) is 32.2 Å². The van der Waals surface area contributed by atoms with Crippen LogP contribution in [0.4, 0.5) is 4.79 Å². The van der Waals surface area contributed by atoms with E-state index in [0.717, 1.165) is 16.9 Å². The lowest BCUT2D eigenvalue weighted by Gasteiger charge is -2.36. The van der Waals surface area contributed by atoms with Gasteiger partial charge in [0.25, 0.3) is 0 Å². The average molecular weight is 483 g/mol. The Balaban J connectivity index is 1.29. The zero-order valence-electron chi connectivity index (χ0n) is 20.6. The van der Waals surface area contributed by atoms with Gasteiger partial charge in [-0.3, -0.25) is 14.6 Å². The molecule has 1 amide bonds. The van der Waals surface area contributed by atoms with E-state index >= 15 is 0 Å². The quantitative estimate of drug-likeness (QED) is 0.533. The van der Waals surface area contributed by atoms with Crippen molar-refractivity contribution in [3.05, 3.63) is 65.7 Å². The first-order valence-electron chi connectivity index (χ1n) is 12.0. The van der Waals surface area contributed by atoms with Crippen molar-refractivity contribution in [2.75, 3.05) is 39.9 Å². The molecule has 2 saturated heterocycles. The minimum Gasteiger partial charge on any atom is -0.497 e. The van der Waals surface area contributed by atoms with Gasteiger partial charge in [-0.2, -0.15) is 0 Å². The predicted molar refractivity (Wildman–Crippen MR) is 130 cm³/mol. The number of benzene rings is 2. The number of amides is 1. The van der Waals surface area contributed by atoms with E-state index < -0.39 is 5.41 Å². The number of morpholine rings is 1. The number of fused-ring (bicyclic) bond motifs is 1. The Labute approximate surface area is 206 Å². The number of esters is 1. The van der Waals surface area contributed by atoms with Crippen molar-refractivity contribution in [1.82, 2.24) is 9.80 Å². The lowest BCUT2D eigenvalue weighted by Crippen LogP contribution is -2.53. The first kappa shape index (κ1) is 25.0. The summed E-state index contributed by atoms with van der Waals surface area (Å²) in [6, 6.07) is 17.0. The van der Waals surface area contributed by atoms with E-state index in [1.165, 1.54) is 0 Å². The van der Waals surface area contributed by atoms with E-state index in [-0.39, 0.29) is 37.4 Å². The highest BCUT2D eigenvalue weighted by Crippen LogP contribution is 2.28. The molecule has 2 aliphatic heterocycles. The van der Waals surface area contributed by atoms with E-state index in [4.69, 9.17) is 18.9 Å². The van der Waals surface area contributed by atoms with Crippen LogP contribution in [0.5, 0.6) is 5.75 Å². The number of likely N-dealkylation sites (tertiary alicyclic amines) is 1. The molecule has 0 spiro atoms. The Hall–Kier alpha value is -3.10. The molecule has 0 saturated carbocycles. The van der Waals surface area contributed by atoms with Crippen LogP contribution in [0.15, 0.2) is 54.6 Å². The first-order chi connectivity index (χ1) is 16.9. The highest BCUT2D eigenvalue weighted by molar-refractivity contribution is 5.76. The van der Waals surface area contributed by atoms with Crippen LogP contribution in [0, 0.1) is 5.41 Å². The van der Waals surface area contributed by atoms with Crippen LogP contribution in [0.2, 0.25) is 0 Å². The van der Waals surface area contributed by atoms with Gasteiger partial charge in [-0.15, -0.1) is 0 Å². The van der Waals surface area contributed by atoms with E-state index in [9.17, 15) is 9.59 Å². The summed E-state index contributed by atoms with van der Waals surface area (Å²) in [5.41, 5.74) is 1.15. The SMILES string of the molecule is COc1ccc(COC(=O)C(C)(C)CN2C[C@H]3OCCN(C(=O)OCc4ccccc4)[C@H]3C2)cc1. The number of rotatable bonds is 8. The van der Waals surface area contributed by atoms with Crippen LogP contribution >= 0.6 is 0 Å². The Bertz CT molecular complexity index is 994. The summed E-state index contributed by atoms with van der Waals surface area (Å²) in [4.78, 5) is 29.6. The second kappa shape index (κ2) is 11.1. The lowest BCUT2D eigenvalue weighted by atomic mass is 9.93. The van der Waals surface area contributed by atoms with Gasteiger partial charge in [-0.05, 0) is 37.1 Å². The summed E-state index contributed by atoms with van der Waals surface area (Å²) in [7, 11) is 1.62. The molecular formula is C27H34N2O6. The van der Waals surface area contributed by atoms with E-state index in [2.05, 4.69) is 4.90 Å².